The average molecular weight is 329 g/mol. The summed E-state index contributed by atoms with van der Waals surface area (Å²) in [4.78, 5) is 0. The molecular weight excluding hydrogens is 316 g/mol. The summed E-state index contributed by atoms with van der Waals surface area (Å²) in [5.74, 6) is 0.724. The van der Waals surface area contributed by atoms with Gasteiger partial charge in [-0.1, -0.05) is 41.1 Å². The molecule has 0 amide bonds. The SMILES string of the molecule is CCC1=C(C#N)C(c2ccccc2Br)c2c[nH]nc2N1. The van der Waals surface area contributed by atoms with Crippen molar-refractivity contribution in [2.75, 3.05) is 5.32 Å². The van der Waals surface area contributed by atoms with Gasteiger partial charge in [0.25, 0.3) is 0 Å². The van der Waals surface area contributed by atoms with Gasteiger partial charge in [-0.15, -0.1) is 0 Å². The molecule has 0 radical (unpaired) electrons. The summed E-state index contributed by atoms with van der Waals surface area (Å²) in [6.07, 6.45) is 2.63. The highest BCUT2D eigenvalue weighted by atomic mass is 79.9. The maximum absolute atomic E-state index is 9.58. The number of aromatic nitrogens is 2. The van der Waals surface area contributed by atoms with E-state index in [0.717, 1.165) is 39.1 Å². The van der Waals surface area contributed by atoms with Crippen molar-refractivity contribution >= 4 is 21.7 Å². The Morgan fingerprint density at radius 1 is 1.35 bits per heavy atom. The van der Waals surface area contributed by atoms with Crippen molar-refractivity contribution in [1.82, 2.24) is 10.2 Å². The summed E-state index contributed by atoms with van der Waals surface area (Å²) in [5, 5.41) is 19.9. The summed E-state index contributed by atoms with van der Waals surface area (Å²) in [6.45, 7) is 2.04. The number of halogens is 1. The predicted molar refractivity (Wildman–Crippen MR) is 81.1 cm³/mol. The first-order chi connectivity index (χ1) is 9.76. The number of H-pyrrole nitrogens is 1. The van der Waals surface area contributed by atoms with Crippen LogP contribution in [-0.4, -0.2) is 10.2 Å². The monoisotopic (exact) mass is 328 g/mol. The second kappa shape index (κ2) is 5.14. The van der Waals surface area contributed by atoms with E-state index in [1.807, 2.05) is 37.4 Å². The van der Waals surface area contributed by atoms with Gasteiger partial charge in [0, 0.05) is 21.9 Å². The number of hydrogen-bond acceptors (Lipinski definition) is 3. The molecule has 100 valence electrons. The molecule has 2 heterocycles. The maximum atomic E-state index is 9.58. The number of nitrogens with one attached hydrogen (secondary N) is 2. The van der Waals surface area contributed by atoms with Gasteiger partial charge in [0.05, 0.1) is 17.6 Å². The van der Waals surface area contributed by atoms with E-state index in [1.54, 1.807) is 0 Å². The van der Waals surface area contributed by atoms with Gasteiger partial charge in [-0.3, -0.25) is 5.10 Å². The third kappa shape index (κ3) is 1.93. The molecule has 0 saturated carbocycles. The van der Waals surface area contributed by atoms with E-state index in [9.17, 15) is 5.26 Å². The van der Waals surface area contributed by atoms with Crippen LogP contribution >= 0.6 is 15.9 Å². The average Bonchev–Trinajstić information content (AvgIpc) is 2.94. The van der Waals surface area contributed by atoms with E-state index < -0.39 is 0 Å². The zero-order chi connectivity index (χ0) is 14.1. The van der Waals surface area contributed by atoms with Crippen LogP contribution in [-0.2, 0) is 0 Å². The van der Waals surface area contributed by atoms with E-state index in [-0.39, 0.29) is 5.92 Å². The van der Waals surface area contributed by atoms with Crippen molar-refractivity contribution < 1.29 is 0 Å². The number of allylic oxidation sites excluding steroid dienone is 2. The van der Waals surface area contributed by atoms with Crippen molar-refractivity contribution in [3.05, 3.63) is 57.3 Å². The van der Waals surface area contributed by atoms with E-state index in [0.29, 0.717) is 0 Å². The van der Waals surface area contributed by atoms with Crippen molar-refractivity contribution in [2.45, 2.75) is 19.3 Å². The molecule has 1 unspecified atom stereocenters. The minimum Gasteiger partial charge on any atom is -0.341 e. The van der Waals surface area contributed by atoms with Gasteiger partial charge in [-0.05, 0) is 18.1 Å². The Hall–Kier alpha value is -2.06. The smallest absolute Gasteiger partial charge is 0.156 e. The zero-order valence-corrected chi connectivity index (χ0v) is 12.5. The van der Waals surface area contributed by atoms with Gasteiger partial charge >= 0.3 is 0 Å². The molecule has 1 aromatic heterocycles. The molecule has 0 bridgehead atoms. The number of hydrogen-bond donors (Lipinski definition) is 2. The summed E-state index contributed by atoms with van der Waals surface area (Å²) >= 11 is 3.59. The highest BCUT2D eigenvalue weighted by molar-refractivity contribution is 9.10. The fraction of sp³-hybridized carbons (Fsp3) is 0.200. The second-order valence-corrected chi connectivity index (χ2v) is 5.48. The Bertz CT molecular complexity index is 723. The van der Waals surface area contributed by atoms with Crippen LogP contribution in [0.25, 0.3) is 0 Å². The van der Waals surface area contributed by atoms with Crippen LogP contribution in [0.2, 0.25) is 0 Å². The van der Waals surface area contributed by atoms with Gasteiger partial charge in [0.15, 0.2) is 5.82 Å². The van der Waals surface area contributed by atoms with Crippen LogP contribution in [0.4, 0.5) is 5.82 Å². The molecule has 5 heteroatoms. The number of benzene rings is 1. The first-order valence-electron chi connectivity index (χ1n) is 6.44. The topological polar surface area (TPSA) is 64.5 Å². The number of aromatic amines is 1. The molecule has 0 spiro atoms. The Balaban J connectivity index is 2.24. The lowest BCUT2D eigenvalue weighted by molar-refractivity contribution is 0.903. The van der Waals surface area contributed by atoms with Gasteiger partial charge < -0.3 is 5.32 Å². The van der Waals surface area contributed by atoms with Gasteiger partial charge in [0.2, 0.25) is 0 Å². The summed E-state index contributed by atoms with van der Waals surface area (Å²) < 4.78 is 1.00. The molecule has 4 nitrogen and oxygen atoms in total. The molecule has 2 aromatic rings. The molecule has 20 heavy (non-hydrogen) atoms. The van der Waals surface area contributed by atoms with Crippen LogP contribution in [0.5, 0.6) is 0 Å². The van der Waals surface area contributed by atoms with Crippen LogP contribution < -0.4 is 5.32 Å². The lowest BCUT2D eigenvalue weighted by Crippen LogP contribution is -2.17. The first kappa shape index (κ1) is 12.9. The lowest BCUT2D eigenvalue weighted by atomic mass is 9.83. The Kier molecular flexibility index (Phi) is 3.33. The van der Waals surface area contributed by atoms with Crippen molar-refractivity contribution in [3.63, 3.8) is 0 Å². The highest BCUT2D eigenvalue weighted by Crippen LogP contribution is 2.43. The lowest BCUT2D eigenvalue weighted by Gasteiger charge is -2.26. The molecular formula is C15H13BrN4. The van der Waals surface area contributed by atoms with Crippen LogP contribution in [0, 0.1) is 11.3 Å². The second-order valence-electron chi connectivity index (χ2n) is 4.63. The number of fused-ring (bicyclic) bond motifs is 1. The zero-order valence-electron chi connectivity index (χ0n) is 10.9. The molecule has 1 aromatic carbocycles. The van der Waals surface area contributed by atoms with Crippen LogP contribution in [0.1, 0.15) is 30.4 Å². The molecule has 0 aliphatic carbocycles. The molecule has 2 N–H and O–H groups in total. The Morgan fingerprint density at radius 2 is 2.15 bits per heavy atom. The number of nitrogens with zero attached hydrogens (tertiary/aromatic N) is 2. The summed E-state index contributed by atoms with van der Waals surface area (Å²) in [6, 6.07) is 10.4. The number of anilines is 1. The normalized spacial score (nSPS) is 17.4. The Labute approximate surface area is 125 Å². The summed E-state index contributed by atoms with van der Waals surface area (Å²) in [7, 11) is 0. The van der Waals surface area contributed by atoms with Crippen molar-refractivity contribution in [1.29, 1.82) is 5.26 Å². The third-order valence-electron chi connectivity index (χ3n) is 3.55. The fourth-order valence-corrected chi connectivity index (χ4v) is 3.12. The van der Waals surface area contributed by atoms with E-state index in [4.69, 9.17) is 0 Å². The van der Waals surface area contributed by atoms with E-state index in [1.165, 1.54) is 0 Å². The molecule has 1 aliphatic rings. The van der Waals surface area contributed by atoms with Crippen LogP contribution in [0.15, 0.2) is 46.2 Å². The van der Waals surface area contributed by atoms with Gasteiger partial charge in [0.1, 0.15) is 0 Å². The van der Waals surface area contributed by atoms with Crippen molar-refractivity contribution in [2.24, 2.45) is 0 Å². The van der Waals surface area contributed by atoms with E-state index in [2.05, 4.69) is 37.5 Å². The Morgan fingerprint density at radius 3 is 2.85 bits per heavy atom. The molecule has 1 atom stereocenters. The predicted octanol–water partition coefficient (Wildman–Crippen LogP) is 3.92. The maximum Gasteiger partial charge on any atom is 0.156 e. The fourth-order valence-electron chi connectivity index (χ4n) is 2.60. The highest BCUT2D eigenvalue weighted by Gasteiger charge is 2.31. The molecule has 0 fully saturated rings. The van der Waals surface area contributed by atoms with Gasteiger partial charge in [-0.25, -0.2) is 0 Å². The molecule has 0 saturated heterocycles. The van der Waals surface area contributed by atoms with Crippen LogP contribution in [0.3, 0.4) is 0 Å². The third-order valence-corrected chi connectivity index (χ3v) is 4.28. The standard InChI is InChI=1S/C15H13BrN4/c1-2-13-10(7-17)14(9-5-3-4-6-12(9)16)11-8-18-20-15(11)19-13/h3-6,8,14H,2H2,1H3,(H2,18,19,20). The largest absolute Gasteiger partial charge is 0.341 e. The number of rotatable bonds is 2. The van der Waals surface area contributed by atoms with Gasteiger partial charge in [-0.2, -0.15) is 10.4 Å². The molecule has 3 rings (SSSR count). The summed E-state index contributed by atoms with van der Waals surface area (Å²) in [5.41, 5.74) is 3.78. The number of nitriles is 1. The van der Waals surface area contributed by atoms with E-state index >= 15 is 0 Å². The quantitative estimate of drug-likeness (QED) is 0.878. The molecule has 1 aliphatic heterocycles. The minimum atomic E-state index is -0.0828. The first-order valence-corrected chi connectivity index (χ1v) is 7.23. The minimum absolute atomic E-state index is 0.0828. The van der Waals surface area contributed by atoms with Crippen molar-refractivity contribution in [3.8, 4) is 6.07 Å².